The molecule has 1 aromatic carbocycles. The van der Waals surface area contributed by atoms with Crippen LogP contribution in [0.3, 0.4) is 0 Å². The maximum atomic E-state index is 12.4. The molecule has 0 spiro atoms. The van der Waals surface area contributed by atoms with Crippen LogP contribution in [-0.2, 0) is 9.53 Å². The second-order valence-corrected chi connectivity index (χ2v) is 7.03. The lowest BCUT2D eigenvalue weighted by Crippen LogP contribution is -2.17. The lowest BCUT2D eigenvalue weighted by molar-refractivity contribution is -0.116. The van der Waals surface area contributed by atoms with E-state index in [0.29, 0.717) is 10.6 Å². The first-order chi connectivity index (χ1) is 12.5. The highest BCUT2D eigenvalue weighted by Crippen LogP contribution is 2.28. The first kappa shape index (κ1) is 17.9. The summed E-state index contributed by atoms with van der Waals surface area (Å²) in [7, 11) is 1.29. The molecule has 0 aliphatic rings. The topological polar surface area (TPSA) is 77.4 Å². The summed E-state index contributed by atoms with van der Waals surface area (Å²) in [5, 5.41) is 4.12. The van der Waals surface area contributed by atoms with Gasteiger partial charge in [0.05, 0.1) is 18.2 Å². The van der Waals surface area contributed by atoms with Crippen molar-refractivity contribution in [3.8, 4) is 0 Å². The molecule has 7 heteroatoms. The van der Waals surface area contributed by atoms with Gasteiger partial charge in [0.25, 0.3) is 0 Å². The number of fused-ring (bicyclic) bond motifs is 1. The highest BCUT2D eigenvalue weighted by Gasteiger charge is 2.18. The molecule has 0 aliphatic heterocycles. The molecule has 0 saturated carbocycles. The van der Waals surface area contributed by atoms with E-state index in [4.69, 9.17) is 4.74 Å². The van der Waals surface area contributed by atoms with Crippen LogP contribution in [0.5, 0.6) is 0 Å². The van der Waals surface area contributed by atoms with Gasteiger partial charge in [-0.05, 0) is 25.1 Å². The van der Waals surface area contributed by atoms with Crippen LogP contribution in [0.2, 0.25) is 0 Å². The minimum atomic E-state index is -0.500. The van der Waals surface area contributed by atoms with Gasteiger partial charge >= 0.3 is 5.97 Å². The van der Waals surface area contributed by atoms with Crippen LogP contribution in [0.25, 0.3) is 10.9 Å². The molecule has 1 N–H and O–H groups in total. The number of benzene rings is 1. The van der Waals surface area contributed by atoms with Crippen LogP contribution in [0.15, 0.2) is 42.6 Å². The van der Waals surface area contributed by atoms with Crippen LogP contribution in [0.1, 0.15) is 32.9 Å². The molecule has 0 aliphatic carbocycles. The van der Waals surface area contributed by atoms with Crippen LogP contribution in [-0.4, -0.2) is 29.5 Å². The standard InChI is InChI=1S/C19H18N2O4S/c1-12-11-14(19(24)25-2)18(26-12)20-16(22)7-8-17(23)21-10-9-13-5-3-4-6-15(13)21/h3-6,9-11H,7-8H2,1-2H3,(H,20,22). The molecule has 134 valence electrons. The van der Waals surface area contributed by atoms with Gasteiger partial charge in [-0.15, -0.1) is 11.3 Å². The smallest absolute Gasteiger partial charge is 0.340 e. The number of aryl methyl sites for hydroxylation is 1. The number of carbonyl (C=O) groups excluding carboxylic acids is 3. The highest BCUT2D eigenvalue weighted by molar-refractivity contribution is 7.16. The summed E-state index contributed by atoms with van der Waals surface area (Å²) in [6.07, 6.45) is 1.81. The van der Waals surface area contributed by atoms with E-state index in [1.807, 2.05) is 37.3 Å². The molecule has 1 amide bonds. The number of rotatable bonds is 5. The van der Waals surface area contributed by atoms with Gasteiger partial charge in [-0.2, -0.15) is 0 Å². The molecule has 0 radical (unpaired) electrons. The Balaban J connectivity index is 1.64. The molecule has 3 rings (SSSR count). The molecule has 0 fully saturated rings. The number of carbonyl (C=O) groups is 3. The van der Waals surface area contributed by atoms with E-state index < -0.39 is 5.97 Å². The Morgan fingerprint density at radius 2 is 1.92 bits per heavy atom. The van der Waals surface area contributed by atoms with E-state index >= 15 is 0 Å². The van der Waals surface area contributed by atoms with Crippen molar-refractivity contribution in [2.24, 2.45) is 0 Å². The first-order valence-corrected chi connectivity index (χ1v) is 8.89. The Bertz CT molecular complexity index is 987. The van der Waals surface area contributed by atoms with E-state index in [0.717, 1.165) is 15.8 Å². The average molecular weight is 370 g/mol. The van der Waals surface area contributed by atoms with Crippen molar-refractivity contribution in [3.63, 3.8) is 0 Å². The van der Waals surface area contributed by atoms with Gasteiger partial charge in [0.1, 0.15) is 5.00 Å². The average Bonchev–Trinajstić information content (AvgIpc) is 3.22. The lowest BCUT2D eigenvalue weighted by atomic mass is 10.2. The van der Waals surface area contributed by atoms with Crippen LogP contribution in [0.4, 0.5) is 5.00 Å². The predicted molar refractivity (Wildman–Crippen MR) is 101 cm³/mol. The first-order valence-electron chi connectivity index (χ1n) is 8.07. The van der Waals surface area contributed by atoms with E-state index in [1.54, 1.807) is 16.8 Å². The van der Waals surface area contributed by atoms with Crippen molar-refractivity contribution in [3.05, 3.63) is 53.0 Å². The molecule has 0 bridgehead atoms. The highest BCUT2D eigenvalue weighted by atomic mass is 32.1. The number of esters is 1. The van der Waals surface area contributed by atoms with E-state index in [2.05, 4.69) is 5.32 Å². The summed E-state index contributed by atoms with van der Waals surface area (Å²) in [5.74, 6) is -0.974. The molecule has 0 unspecified atom stereocenters. The number of methoxy groups -OCH3 is 1. The molecule has 0 saturated heterocycles. The third kappa shape index (κ3) is 3.67. The molecule has 6 nitrogen and oxygen atoms in total. The molecule has 3 aromatic rings. The monoisotopic (exact) mass is 370 g/mol. The fourth-order valence-corrected chi connectivity index (χ4v) is 3.62. The van der Waals surface area contributed by atoms with Crippen LogP contribution >= 0.6 is 11.3 Å². The van der Waals surface area contributed by atoms with Crippen LogP contribution < -0.4 is 5.32 Å². The van der Waals surface area contributed by atoms with Gasteiger partial charge in [0, 0.05) is 29.3 Å². The summed E-state index contributed by atoms with van der Waals surface area (Å²) in [5.41, 5.74) is 1.14. The quantitative estimate of drug-likeness (QED) is 0.692. The number of thiophene rings is 1. The molecule has 26 heavy (non-hydrogen) atoms. The Morgan fingerprint density at radius 3 is 2.69 bits per heavy atom. The number of para-hydroxylation sites is 1. The summed E-state index contributed by atoms with van der Waals surface area (Å²) >= 11 is 1.30. The fraction of sp³-hybridized carbons (Fsp3) is 0.211. The minimum absolute atomic E-state index is 0.0307. The molecular weight excluding hydrogens is 352 g/mol. The Morgan fingerprint density at radius 1 is 1.15 bits per heavy atom. The Labute approximate surface area is 154 Å². The summed E-state index contributed by atoms with van der Waals surface area (Å²) in [4.78, 5) is 37.3. The number of anilines is 1. The second kappa shape index (κ2) is 7.53. The van der Waals surface area contributed by atoms with E-state index in [1.165, 1.54) is 18.4 Å². The van der Waals surface area contributed by atoms with Crippen molar-refractivity contribution >= 4 is 45.0 Å². The summed E-state index contributed by atoms with van der Waals surface area (Å²) in [6.45, 7) is 1.84. The normalized spacial score (nSPS) is 10.7. The fourth-order valence-electron chi connectivity index (χ4n) is 2.70. The molecular formula is C19H18N2O4S. The Kier molecular flexibility index (Phi) is 5.18. The third-order valence-corrected chi connectivity index (χ3v) is 4.91. The maximum absolute atomic E-state index is 12.4. The van der Waals surface area contributed by atoms with Gasteiger partial charge < -0.3 is 10.1 Å². The number of aromatic nitrogens is 1. The van der Waals surface area contributed by atoms with Crippen molar-refractivity contribution < 1.29 is 19.1 Å². The van der Waals surface area contributed by atoms with Gasteiger partial charge in [-0.3, -0.25) is 14.2 Å². The zero-order valence-corrected chi connectivity index (χ0v) is 15.3. The van der Waals surface area contributed by atoms with Crippen molar-refractivity contribution in [1.82, 2.24) is 4.57 Å². The second-order valence-electron chi connectivity index (χ2n) is 5.78. The van der Waals surface area contributed by atoms with Crippen molar-refractivity contribution in [2.75, 3.05) is 12.4 Å². The predicted octanol–water partition coefficient (Wildman–Crippen LogP) is 3.86. The number of hydrogen-bond donors (Lipinski definition) is 1. The number of ether oxygens (including phenoxy) is 1. The van der Waals surface area contributed by atoms with Crippen LogP contribution in [0, 0.1) is 6.92 Å². The Hall–Kier alpha value is -2.93. The van der Waals surface area contributed by atoms with E-state index in [9.17, 15) is 14.4 Å². The third-order valence-electron chi connectivity index (χ3n) is 3.95. The number of nitrogens with zero attached hydrogens (tertiary/aromatic N) is 1. The molecule has 0 atom stereocenters. The van der Waals surface area contributed by atoms with Gasteiger partial charge in [-0.1, -0.05) is 18.2 Å². The summed E-state index contributed by atoms with van der Waals surface area (Å²) < 4.78 is 6.27. The van der Waals surface area contributed by atoms with Gasteiger partial charge in [0.15, 0.2) is 0 Å². The molecule has 2 aromatic heterocycles. The number of nitrogens with one attached hydrogen (secondary N) is 1. The molecule has 2 heterocycles. The number of amides is 1. The SMILES string of the molecule is COC(=O)c1cc(C)sc1NC(=O)CCC(=O)n1ccc2ccccc21. The lowest BCUT2D eigenvalue weighted by Gasteiger charge is -2.06. The van der Waals surface area contributed by atoms with Crippen molar-refractivity contribution in [2.45, 2.75) is 19.8 Å². The van der Waals surface area contributed by atoms with E-state index in [-0.39, 0.29) is 24.7 Å². The largest absolute Gasteiger partial charge is 0.465 e. The maximum Gasteiger partial charge on any atom is 0.340 e. The van der Waals surface area contributed by atoms with Gasteiger partial charge in [0.2, 0.25) is 11.8 Å². The van der Waals surface area contributed by atoms with Gasteiger partial charge in [-0.25, -0.2) is 4.79 Å². The zero-order chi connectivity index (χ0) is 18.7. The zero-order valence-electron chi connectivity index (χ0n) is 14.4. The number of hydrogen-bond acceptors (Lipinski definition) is 5. The van der Waals surface area contributed by atoms with Crippen molar-refractivity contribution in [1.29, 1.82) is 0 Å². The minimum Gasteiger partial charge on any atom is -0.465 e. The summed E-state index contributed by atoms with van der Waals surface area (Å²) in [6, 6.07) is 11.1.